The van der Waals surface area contributed by atoms with E-state index in [-0.39, 0.29) is 5.78 Å². The molecule has 2 rings (SSSR count). The first-order chi connectivity index (χ1) is 9.08. The van der Waals surface area contributed by atoms with Crippen LogP contribution in [0.3, 0.4) is 0 Å². The minimum atomic E-state index is -0.542. The van der Waals surface area contributed by atoms with Gasteiger partial charge in [0.25, 0.3) is 0 Å². The molecule has 0 heterocycles. The summed E-state index contributed by atoms with van der Waals surface area (Å²) in [5.41, 5.74) is 1.57. The molecule has 0 amide bonds. The Kier molecular flexibility index (Phi) is 4.23. The number of aryl methyl sites for hydroxylation is 1. The number of rotatable bonds is 4. The maximum absolute atomic E-state index is 12.2. The van der Waals surface area contributed by atoms with Gasteiger partial charge in [0.1, 0.15) is 5.75 Å². The molecule has 0 N–H and O–H groups in total. The van der Waals surface area contributed by atoms with Gasteiger partial charge in [-0.15, -0.1) is 0 Å². The van der Waals surface area contributed by atoms with E-state index >= 15 is 0 Å². The van der Waals surface area contributed by atoms with Crippen LogP contribution in [0.5, 0.6) is 5.75 Å². The summed E-state index contributed by atoms with van der Waals surface area (Å²) in [4.78, 5) is 12.2. The molecule has 0 aliphatic carbocycles. The number of benzene rings is 2. The number of hydrogen-bond acceptors (Lipinski definition) is 2. The van der Waals surface area contributed by atoms with E-state index in [0.29, 0.717) is 10.6 Å². The summed E-state index contributed by atoms with van der Waals surface area (Å²) >= 11 is 5.89. The van der Waals surface area contributed by atoms with E-state index in [1.807, 2.05) is 31.2 Å². The molecule has 0 saturated heterocycles. The summed E-state index contributed by atoms with van der Waals surface area (Å²) in [5, 5.41) is 0.550. The molecule has 0 fully saturated rings. The molecule has 0 aromatic heterocycles. The maximum atomic E-state index is 12.2. The summed E-state index contributed by atoms with van der Waals surface area (Å²) in [5.74, 6) is 0.649. The van der Waals surface area contributed by atoms with Crippen molar-refractivity contribution in [1.82, 2.24) is 0 Å². The van der Waals surface area contributed by atoms with Crippen molar-refractivity contribution in [3.8, 4) is 5.75 Å². The predicted molar refractivity (Wildman–Crippen MR) is 77.1 cm³/mol. The lowest BCUT2D eigenvalue weighted by atomic mass is 10.1. The van der Waals surface area contributed by atoms with E-state index in [1.165, 1.54) is 0 Å². The van der Waals surface area contributed by atoms with Crippen LogP contribution in [-0.2, 0) is 0 Å². The number of carbonyl (C=O) groups excluding carboxylic acids is 1. The summed E-state index contributed by atoms with van der Waals surface area (Å²) in [6.45, 7) is 3.70. The SMILES string of the molecule is Cc1ccccc1OC(C)C(=O)c1cccc(Cl)c1. The van der Waals surface area contributed by atoms with Gasteiger partial charge in [-0.1, -0.05) is 41.9 Å². The molecule has 0 aliphatic heterocycles. The molecule has 19 heavy (non-hydrogen) atoms. The number of halogens is 1. The molecule has 0 spiro atoms. The fourth-order valence-electron chi connectivity index (χ4n) is 1.81. The van der Waals surface area contributed by atoms with Crippen LogP contribution in [-0.4, -0.2) is 11.9 Å². The number of carbonyl (C=O) groups is 1. The average Bonchev–Trinajstić information content (AvgIpc) is 2.40. The highest BCUT2D eigenvalue weighted by molar-refractivity contribution is 6.31. The number of ketones is 1. The van der Waals surface area contributed by atoms with Crippen molar-refractivity contribution in [1.29, 1.82) is 0 Å². The minimum absolute atomic E-state index is 0.0780. The lowest BCUT2D eigenvalue weighted by molar-refractivity contribution is 0.0817. The Hall–Kier alpha value is -1.80. The maximum Gasteiger partial charge on any atom is 0.203 e. The number of ether oxygens (including phenoxy) is 1. The predicted octanol–water partition coefficient (Wildman–Crippen LogP) is 4.30. The van der Waals surface area contributed by atoms with Gasteiger partial charge >= 0.3 is 0 Å². The fraction of sp³-hybridized carbons (Fsp3) is 0.188. The molecule has 0 radical (unpaired) electrons. The molecular weight excluding hydrogens is 260 g/mol. The molecule has 1 unspecified atom stereocenters. The molecule has 0 bridgehead atoms. The van der Waals surface area contributed by atoms with Gasteiger partial charge in [-0.3, -0.25) is 4.79 Å². The first kappa shape index (κ1) is 13.6. The third-order valence-corrected chi connectivity index (χ3v) is 3.11. The van der Waals surface area contributed by atoms with Gasteiger partial charge in [0.15, 0.2) is 6.10 Å². The zero-order valence-corrected chi connectivity index (χ0v) is 11.6. The third kappa shape index (κ3) is 3.36. The van der Waals surface area contributed by atoms with Crippen molar-refractivity contribution >= 4 is 17.4 Å². The molecular formula is C16H15ClO2. The van der Waals surface area contributed by atoms with E-state index in [9.17, 15) is 4.79 Å². The molecule has 98 valence electrons. The third-order valence-electron chi connectivity index (χ3n) is 2.88. The second-order valence-electron chi connectivity index (χ2n) is 4.40. The van der Waals surface area contributed by atoms with Crippen LogP contribution in [0.2, 0.25) is 5.02 Å². The van der Waals surface area contributed by atoms with E-state index in [4.69, 9.17) is 16.3 Å². The van der Waals surface area contributed by atoms with E-state index in [2.05, 4.69) is 0 Å². The number of para-hydroxylation sites is 1. The van der Waals surface area contributed by atoms with Crippen molar-refractivity contribution in [2.24, 2.45) is 0 Å². The monoisotopic (exact) mass is 274 g/mol. The quantitative estimate of drug-likeness (QED) is 0.777. The van der Waals surface area contributed by atoms with Crippen LogP contribution in [0.1, 0.15) is 22.8 Å². The Bertz CT molecular complexity index is 593. The van der Waals surface area contributed by atoms with Gasteiger partial charge in [-0.2, -0.15) is 0 Å². The smallest absolute Gasteiger partial charge is 0.203 e. The summed E-state index contributed by atoms with van der Waals surface area (Å²) in [7, 11) is 0. The molecule has 2 aromatic rings. The highest BCUT2D eigenvalue weighted by atomic mass is 35.5. The summed E-state index contributed by atoms with van der Waals surface area (Å²) in [6, 6.07) is 14.5. The fourth-order valence-corrected chi connectivity index (χ4v) is 2.00. The van der Waals surface area contributed by atoms with Gasteiger partial charge in [0.05, 0.1) is 0 Å². The number of hydrogen-bond donors (Lipinski definition) is 0. The van der Waals surface area contributed by atoms with Crippen LogP contribution < -0.4 is 4.74 Å². The highest BCUT2D eigenvalue weighted by Gasteiger charge is 2.17. The minimum Gasteiger partial charge on any atom is -0.482 e. The summed E-state index contributed by atoms with van der Waals surface area (Å²) < 4.78 is 5.71. The van der Waals surface area contributed by atoms with Crippen LogP contribution >= 0.6 is 11.6 Å². The first-order valence-corrected chi connectivity index (χ1v) is 6.48. The Morgan fingerprint density at radius 1 is 1.16 bits per heavy atom. The van der Waals surface area contributed by atoms with Crippen molar-refractivity contribution in [3.05, 3.63) is 64.7 Å². The Labute approximate surface area is 118 Å². The molecule has 2 aromatic carbocycles. The standard InChI is InChI=1S/C16H15ClO2/c1-11-6-3-4-9-15(11)19-12(2)16(18)13-7-5-8-14(17)10-13/h3-10,12H,1-2H3. The topological polar surface area (TPSA) is 26.3 Å². The van der Waals surface area contributed by atoms with Gasteiger partial charge in [-0.25, -0.2) is 0 Å². The normalized spacial score (nSPS) is 11.9. The molecule has 0 aliphatic rings. The highest BCUT2D eigenvalue weighted by Crippen LogP contribution is 2.20. The number of Topliss-reactive ketones (excluding diaryl/α,β-unsaturated/α-hetero) is 1. The van der Waals surface area contributed by atoms with Gasteiger partial charge in [-0.05, 0) is 37.6 Å². The van der Waals surface area contributed by atoms with Gasteiger partial charge < -0.3 is 4.74 Å². The first-order valence-electron chi connectivity index (χ1n) is 6.10. The largest absolute Gasteiger partial charge is 0.482 e. The molecule has 3 heteroatoms. The van der Waals surface area contributed by atoms with Crippen molar-refractivity contribution in [2.75, 3.05) is 0 Å². The summed E-state index contributed by atoms with van der Waals surface area (Å²) in [6.07, 6.45) is -0.542. The van der Waals surface area contributed by atoms with Crippen molar-refractivity contribution in [3.63, 3.8) is 0 Å². The lowest BCUT2D eigenvalue weighted by Crippen LogP contribution is -2.24. The lowest BCUT2D eigenvalue weighted by Gasteiger charge is -2.15. The molecule has 0 saturated carbocycles. The second-order valence-corrected chi connectivity index (χ2v) is 4.84. The van der Waals surface area contributed by atoms with E-state index in [0.717, 1.165) is 11.3 Å². The Morgan fingerprint density at radius 2 is 1.89 bits per heavy atom. The Morgan fingerprint density at radius 3 is 2.58 bits per heavy atom. The zero-order valence-electron chi connectivity index (χ0n) is 10.9. The Balaban J connectivity index is 2.14. The van der Waals surface area contributed by atoms with Gasteiger partial charge in [0, 0.05) is 10.6 Å². The van der Waals surface area contributed by atoms with Crippen LogP contribution in [0.4, 0.5) is 0 Å². The average molecular weight is 275 g/mol. The van der Waals surface area contributed by atoms with Gasteiger partial charge in [0.2, 0.25) is 5.78 Å². The molecule has 1 atom stereocenters. The zero-order chi connectivity index (χ0) is 13.8. The van der Waals surface area contributed by atoms with Crippen LogP contribution in [0.15, 0.2) is 48.5 Å². The van der Waals surface area contributed by atoms with Crippen molar-refractivity contribution in [2.45, 2.75) is 20.0 Å². The van der Waals surface area contributed by atoms with Crippen LogP contribution in [0.25, 0.3) is 0 Å². The second kappa shape index (κ2) is 5.89. The van der Waals surface area contributed by atoms with E-state index in [1.54, 1.807) is 31.2 Å². The van der Waals surface area contributed by atoms with Crippen molar-refractivity contribution < 1.29 is 9.53 Å². The molecule has 2 nitrogen and oxygen atoms in total. The van der Waals surface area contributed by atoms with Crippen LogP contribution in [0, 0.1) is 6.92 Å². The van der Waals surface area contributed by atoms with E-state index < -0.39 is 6.10 Å².